The summed E-state index contributed by atoms with van der Waals surface area (Å²) in [6.07, 6.45) is 3.59. The number of aromatic nitrogens is 2. The fraction of sp³-hybridized carbons (Fsp3) is 0.429. The van der Waals surface area contributed by atoms with Gasteiger partial charge in [0, 0.05) is 6.54 Å². The fourth-order valence-electron chi connectivity index (χ4n) is 1.93. The molecular weight excluding hydrogens is 224 g/mol. The van der Waals surface area contributed by atoms with E-state index < -0.39 is 0 Å². The van der Waals surface area contributed by atoms with Crippen LogP contribution in [0.5, 0.6) is 0 Å². The highest BCUT2D eigenvalue weighted by atomic mass is 14.9. The highest BCUT2D eigenvalue weighted by Gasteiger charge is 2.03. The van der Waals surface area contributed by atoms with Gasteiger partial charge in [-0.15, -0.1) is 0 Å². The number of hydrogen-bond acceptors (Lipinski definition) is 3. The summed E-state index contributed by atoms with van der Waals surface area (Å²) in [5.74, 6) is 0.125. The molecule has 2 N–H and O–H groups in total. The van der Waals surface area contributed by atoms with Gasteiger partial charge in [0.2, 0.25) is 0 Å². The quantitative estimate of drug-likeness (QED) is 0.763. The predicted octanol–water partition coefficient (Wildman–Crippen LogP) is 2.24. The summed E-state index contributed by atoms with van der Waals surface area (Å²) in [6, 6.07) is 8.56. The minimum atomic E-state index is 0.125. The molecule has 0 saturated carbocycles. The van der Waals surface area contributed by atoms with Crippen molar-refractivity contribution in [2.45, 2.75) is 19.8 Å². The van der Waals surface area contributed by atoms with Crippen molar-refractivity contribution in [1.82, 2.24) is 15.3 Å². The first-order chi connectivity index (χ1) is 8.83. The van der Waals surface area contributed by atoms with Crippen LogP contribution in [-0.2, 0) is 6.42 Å². The molecule has 1 heterocycles. The largest absolute Gasteiger partial charge is 0.345 e. The molecule has 4 nitrogen and oxygen atoms in total. The van der Waals surface area contributed by atoms with Crippen molar-refractivity contribution >= 4 is 11.0 Å². The van der Waals surface area contributed by atoms with Crippen LogP contribution in [0.4, 0.5) is 0 Å². The van der Waals surface area contributed by atoms with Crippen LogP contribution in [0, 0.1) is 17.2 Å². The second kappa shape index (κ2) is 6.18. The van der Waals surface area contributed by atoms with Crippen molar-refractivity contribution in [3.63, 3.8) is 0 Å². The smallest absolute Gasteiger partial charge is 0.0931 e. The van der Waals surface area contributed by atoms with Gasteiger partial charge in [0.25, 0.3) is 0 Å². The molecule has 0 saturated heterocycles. The highest BCUT2D eigenvalue weighted by molar-refractivity contribution is 5.75. The van der Waals surface area contributed by atoms with Crippen LogP contribution >= 0.6 is 0 Å². The topological polar surface area (TPSA) is 64.5 Å². The van der Waals surface area contributed by atoms with Crippen molar-refractivity contribution in [3.05, 3.63) is 30.1 Å². The lowest BCUT2D eigenvalue weighted by Crippen LogP contribution is -2.23. The van der Waals surface area contributed by atoms with E-state index in [9.17, 15) is 0 Å². The Bertz CT molecular complexity index is 538. The zero-order valence-electron chi connectivity index (χ0n) is 10.6. The Morgan fingerprint density at radius 3 is 3.17 bits per heavy atom. The predicted molar refractivity (Wildman–Crippen MR) is 72.1 cm³/mol. The van der Waals surface area contributed by atoms with Crippen LogP contribution in [0.3, 0.4) is 0 Å². The summed E-state index contributed by atoms with van der Waals surface area (Å²) < 4.78 is 0. The number of aromatic amines is 1. The highest BCUT2D eigenvalue weighted by Crippen LogP contribution is 2.11. The Morgan fingerprint density at radius 2 is 2.39 bits per heavy atom. The van der Waals surface area contributed by atoms with Crippen molar-refractivity contribution in [2.24, 2.45) is 5.92 Å². The fourth-order valence-corrected chi connectivity index (χ4v) is 1.93. The summed E-state index contributed by atoms with van der Waals surface area (Å²) >= 11 is 0. The first kappa shape index (κ1) is 12.6. The third-order valence-corrected chi connectivity index (χ3v) is 3.14. The number of fused-ring (bicyclic) bond motifs is 1. The van der Waals surface area contributed by atoms with Crippen molar-refractivity contribution in [1.29, 1.82) is 5.26 Å². The molecule has 0 aliphatic heterocycles. The molecule has 2 aromatic rings. The van der Waals surface area contributed by atoms with Crippen LogP contribution < -0.4 is 5.32 Å². The Morgan fingerprint density at radius 1 is 1.50 bits per heavy atom. The molecule has 2 rings (SSSR count). The lowest BCUT2D eigenvalue weighted by atomic mass is 10.1. The number of benzene rings is 1. The zero-order chi connectivity index (χ0) is 12.8. The average Bonchev–Trinajstić information content (AvgIpc) is 2.86. The standard InChI is InChI=1S/C14H18N4/c1-2-11(8-15)9-16-6-5-12-3-4-13-14(7-12)18-10-17-13/h3-4,7,10-11,16H,2,5-6,9H2,1H3,(H,17,18). The molecule has 1 atom stereocenters. The van der Waals surface area contributed by atoms with E-state index in [1.54, 1.807) is 6.33 Å². The maximum atomic E-state index is 8.84. The normalized spacial score (nSPS) is 12.4. The number of H-pyrrole nitrogens is 1. The molecule has 18 heavy (non-hydrogen) atoms. The van der Waals surface area contributed by atoms with Gasteiger partial charge in [-0.2, -0.15) is 5.26 Å². The Kier molecular flexibility index (Phi) is 4.32. The number of hydrogen-bond donors (Lipinski definition) is 2. The van der Waals surface area contributed by atoms with E-state index in [-0.39, 0.29) is 5.92 Å². The van der Waals surface area contributed by atoms with Gasteiger partial charge in [-0.25, -0.2) is 4.98 Å². The second-order valence-corrected chi connectivity index (χ2v) is 4.44. The van der Waals surface area contributed by atoms with Crippen molar-refractivity contribution < 1.29 is 0 Å². The first-order valence-electron chi connectivity index (χ1n) is 6.36. The van der Waals surface area contributed by atoms with Crippen molar-refractivity contribution in [2.75, 3.05) is 13.1 Å². The summed E-state index contributed by atoms with van der Waals surface area (Å²) in [6.45, 7) is 3.72. The lowest BCUT2D eigenvalue weighted by molar-refractivity contribution is 0.555. The van der Waals surface area contributed by atoms with Gasteiger partial charge in [0.1, 0.15) is 0 Å². The first-order valence-corrected chi connectivity index (χ1v) is 6.36. The molecule has 4 heteroatoms. The van der Waals surface area contributed by atoms with Crippen LogP contribution in [-0.4, -0.2) is 23.1 Å². The van der Waals surface area contributed by atoms with E-state index in [1.165, 1.54) is 5.56 Å². The summed E-state index contributed by atoms with van der Waals surface area (Å²) in [4.78, 5) is 7.31. The zero-order valence-corrected chi connectivity index (χ0v) is 10.6. The molecular formula is C14H18N4. The van der Waals surface area contributed by atoms with Crippen LogP contribution in [0.2, 0.25) is 0 Å². The molecule has 1 aromatic heterocycles. The second-order valence-electron chi connectivity index (χ2n) is 4.44. The van der Waals surface area contributed by atoms with Gasteiger partial charge >= 0.3 is 0 Å². The molecule has 94 valence electrons. The molecule has 0 spiro atoms. The van der Waals surface area contributed by atoms with E-state index in [0.717, 1.165) is 37.0 Å². The average molecular weight is 242 g/mol. The van der Waals surface area contributed by atoms with E-state index >= 15 is 0 Å². The van der Waals surface area contributed by atoms with Crippen molar-refractivity contribution in [3.8, 4) is 6.07 Å². The van der Waals surface area contributed by atoms with Crippen LogP contribution in [0.25, 0.3) is 11.0 Å². The number of nitriles is 1. The van der Waals surface area contributed by atoms with E-state index in [4.69, 9.17) is 5.26 Å². The molecule has 0 aliphatic rings. The summed E-state index contributed by atoms with van der Waals surface area (Å²) in [5, 5.41) is 12.2. The minimum Gasteiger partial charge on any atom is -0.345 e. The lowest BCUT2D eigenvalue weighted by Gasteiger charge is -2.08. The van der Waals surface area contributed by atoms with Gasteiger partial charge in [-0.3, -0.25) is 0 Å². The number of imidazole rings is 1. The number of rotatable bonds is 6. The van der Waals surface area contributed by atoms with Crippen LogP contribution in [0.15, 0.2) is 24.5 Å². The molecule has 0 radical (unpaired) electrons. The minimum absolute atomic E-state index is 0.125. The van der Waals surface area contributed by atoms with E-state index in [0.29, 0.717) is 0 Å². The molecule has 1 aromatic carbocycles. The maximum absolute atomic E-state index is 8.84. The molecule has 0 amide bonds. The number of nitrogens with zero attached hydrogens (tertiary/aromatic N) is 2. The molecule has 0 bridgehead atoms. The maximum Gasteiger partial charge on any atom is 0.0931 e. The monoisotopic (exact) mass is 242 g/mol. The van der Waals surface area contributed by atoms with E-state index in [2.05, 4.69) is 33.5 Å². The Hall–Kier alpha value is -1.86. The molecule has 0 fully saturated rings. The molecule has 1 unspecified atom stereocenters. The third kappa shape index (κ3) is 3.08. The Labute approximate surface area is 107 Å². The van der Waals surface area contributed by atoms with E-state index in [1.807, 2.05) is 13.0 Å². The van der Waals surface area contributed by atoms with Gasteiger partial charge in [-0.1, -0.05) is 13.0 Å². The van der Waals surface area contributed by atoms with Crippen LogP contribution in [0.1, 0.15) is 18.9 Å². The molecule has 0 aliphatic carbocycles. The van der Waals surface area contributed by atoms with Gasteiger partial charge in [-0.05, 0) is 37.1 Å². The number of nitrogens with one attached hydrogen (secondary N) is 2. The SMILES string of the molecule is CCC(C#N)CNCCc1ccc2nc[nH]c2c1. The Balaban J connectivity index is 1.81. The van der Waals surface area contributed by atoms with Gasteiger partial charge in [0.05, 0.1) is 29.3 Å². The summed E-state index contributed by atoms with van der Waals surface area (Å²) in [7, 11) is 0. The third-order valence-electron chi connectivity index (χ3n) is 3.14. The van der Waals surface area contributed by atoms with Gasteiger partial charge < -0.3 is 10.3 Å². The van der Waals surface area contributed by atoms with Gasteiger partial charge in [0.15, 0.2) is 0 Å². The summed E-state index contributed by atoms with van der Waals surface area (Å²) in [5.41, 5.74) is 3.36.